The average Bonchev–Trinajstić information content (AvgIpc) is 2.92. The molecule has 3 heterocycles. The Balaban J connectivity index is 2.06. The average molecular weight is 268 g/mol. The predicted molar refractivity (Wildman–Crippen MR) is 64.7 cm³/mol. The Morgan fingerprint density at radius 1 is 1.47 bits per heavy atom. The van der Waals surface area contributed by atoms with Crippen molar-refractivity contribution in [2.45, 2.75) is 24.9 Å². The third-order valence-corrected chi connectivity index (χ3v) is 3.07. The monoisotopic (exact) mass is 268 g/mol. The second kappa shape index (κ2) is 4.28. The number of aliphatic hydroxyl groups excluding tert-OH is 1. The summed E-state index contributed by atoms with van der Waals surface area (Å²) >= 11 is 0. The van der Waals surface area contributed by atoms with Gasteiger partial charge >= 0.3 is 0 Å². The first kappa shape index (κ1) is 12.1. The van der Waals surface area contributed by atoms with Crippen LogP contribution < -0.4 is 11.5 Å². The Bertz CT molecular complexity index is 617. The summed E-state index contributed by atoms with van der Waals surface area (Å²) in [5, 5.41) is 9.02. The van der Waals surface area contributed by atoms with Gasteiger partial charge in [0.2, 0.25) is 5.95 Å². The van der Waals surface area contributed by atoms with E-state index >= 15 is 0 Å². The number of aliphatic hydroxyl groups is 1. The highest BCUT2D eigenvalue weighted by Crippen LogP contribution is 2.33. The Morgan fingerprint density at radius 3 is 2.95 bits per heavy atom. The fourth-order valence-electron chi connectivity index (χ4n) is 2.21. The number of nitrogens with two attached hydrogens (primary N) is 2. The molecule has 8 nitrogen and oxygen atoms in total. The Kier molecular flexibility index (Phi) is 2.72. The van der Waals surface area contributed by atoms with E-state index in [2.05, 4.69) is 15.0 Å². The van der Waals surface area contributed by atoms with Crippen LogP contribution in [0.5, 0.6) is 0 Å². The van der Waals surface area contributed by atoms with Crippen LogP contribution in [0.4, 0.5) is 16.2 Å². The van der Waals surface area contributed by atoms with Gasteiger partial charge in [0.25, 0.3) is 0 Å². The van der Waals surface area contributed by atoms with Crippen LogP contribution in [0.1, 0.15) is 12.6 Å². The molecule has 1 saturated heterocycles. The van der Waals surface area contributed by atoms with Crippen LogP contribution in [0.3, 0.4) is 0 Å². The highest BCUT2D eigenvalue weighted by Gasteiger charge is 2.37. The largest absolute Gasteiger partial charge is 0.394 e. The van der Waals surface area contributed by atoms with Crippen LogP contribution in [-0.2, 0) is 4.74 Å². The number of hydrogen-bond donors (Lipinski definition) is 3. The number of imidazole rings is 1. The van der Waals surface area contributed by atoms with Gasteiger partial charge in [-0.3, -0.25) is 4.57 Å². The van der Waals surface area contributed by atoms with E-state index in [1.807, 2.05) is 0 Å². The summed E-state index contributed by atoms with van der Waals surface area (Å²) < 4.78 is 20.8. The van der Waals surface area contributed by atoms with Crippen molar-refractivity contribution in [1.29, 1.82) is 0 Å². The number of rotatable bonds is 2. The number of hydrogen-bond acceptors (Lipinski definition) is 7. The lowest BCUT2D eigenvalue weighted by atomic mass is 10.2. The molecular formula is C10H13FN6O2. The van der Waals surface area contributed by atoms with Gasteiger partial charge in [0, 0.05) is 6.42 Å². The van der Waals surface area contributed by atoms with E-state index in [-0.39, 0.29) is 24.8 Å². The fraction of sp³-hybridized carbons (Fsp3) is 0.500. The van der Waals surface area contributed by atoms with Gasteiger partial charge in [-0.15, -0.1) is 0 Å². The molecule has 1 aliphatic rings. The number of aromatic nitrogens is 4. The second-order valence-corrected chi connectivity index (χ2v) is 4.37. The number of nitrogen functional groups attached to an aromatic ring is 2. The molecule has 2 aromatic rings. The van der Waals surface area contributed by atoms with Crippen LogP contribution in [0, 0.1) is 0 Å². The molecule has 0 aliphatic carbocycles. The molecule has 5 N–H and O–H groups in total. The van der Waals surface area contributed by atoms with Crippen molar-refractivity contribution in [3.8, 4) is 0 Å². The maximum Gasteiger partial charge on any atom is 0.224 e. The first-order valence-corrected chi connectivity index (χ1v) is 5.76. The van der Waals surface area contributed by atoms with E-state index < -0.39 is 18.5 Å². The van der Waals surface area contributed by atoms with E-state index in [0.29, 0.717) is 11.2 Å². The van der Waals surface area contributed by atoms with Crippen molar-refractivity contribution in [1.82, 2.24) is 19.5 Å². The smallest absolute Gasteiger partial charge is 0.224 e. The van der Waals surface area contributed by atoms with E-state index in [1.165, 1.54) is 10.9 Å². The van der Waals surface area contributed by atoms with Crippen molar-refractivity contribution in [3.05, 3.63) is 6.33 Å². The zero-order valence-electron chi connectivity index (χ0n) is 9.90. The summed E-state index contributed by atoms with van der Waals surface area (Å²) in [5.41, 5.74) is 11.9. The molecule has 0 bridgehead atoms. The van der Waals surface area contributed by atoms with Gasteiger partial charge in [0.05, 0.1) is 19.0 Å². The summed E-state index contributed by atoms with van der Waals surface area (Å²) in [6, 6.07) is 0. The van der Waals surface area contributed by atoms with Gasteiger partial charge in [0.1, 0.15) is 11.7 Å². The maximum atomic E-state index is 13.9. The number of fused-ring (bicyclic) bond motifs is 1. The minimum absolute atomic E-state index is 0.0149. The standard InChI is InChI=1S/C10H13FN6O2/c11-5-1-4(2-18)19-9(5)17-3-14-6-7(12)15-10(13)16-8(6)17/h3-5,9,18H,1-2H2,(H4,12,13,15,16)/t4-,5?,9?/m0/s1. The predicted octanol–water partition coefficient (Wildman–Crippen LogP) is -0.391. The SMILES string of the molecule is Nc1nc(N)c2ncn(C3O[C@H](CO)CC3F)c2n1. The fourth-order valence-corrected chi connectivity index (χ4v) is 2.21. The zero-order chi connectivity index (χ0) is 13.6. The van der Waals surface area contributed by atoms with E-state index in [1.54, 1.807) is 0 Å². The highest BCUT2D eigenvalue weighted by molar-refractivity contribution is 5.82. The minimum atomic E-state index is -1.26. The van der Waals surface area contributed by atoms with Gasteiger partial charge in [-0.2, -0.15) is 9.97 Å². The quantitative estimate of drug-likeness (QED) is 0.677. The second-order valence-electron chi connectivity index (χ2n) is 4.37. The molecule has 0 aromatic carbocycles. The van der Waals surface area contributed by atoms with Gasteiger partial charge in [-0.05, 0) is 0 Å². The van der Waals surface area contributed by atoms with Crippen LogP contribution >= 0.6 is 0 Å². The van der Waals surface area contributed by atoms with Crippen molar-refractivity contribution in [2.75, 3.05) is 18.1 Å². The van der Waals surface area contributed by atoms with Crippen molar-refractivity contribution >= 4 is 22.9 Å². The van der Waals surface area contributed by atoms with Gasteiger partial charge in [-0.25, -0.2) is 9.37 Å². The van der Waals surface area contributed by atoms with Gasteiger partial charge < -0.3 is 21.3 Å². The number of alkyl halides is 1. The van der Waals surface area contributed by atoms with Crippen LogP contribution in [0.2, 0.25) is 0 Å². The third kappa shape index (κ3) is 1.87. The van der Waals surface area contributed by atoms with Gasteiger partial charge in [-0.1, -0.05) is 0 Å². The minimum Gasteiger partial charge on any atom is -0.394 e. The molecule has 102 valence electrons. The van der Waals surface area contributed by atoms with Crippen LogP contribution in [0.15, 0.2) is 6.33 Å². The molecule has 1 aliphatic heterocycles. The van der Waals surface area contributed by atoms with Crippen molar-refractivity contribution < 1.29 is 14.2 Å². The molecule has 0 spiro atoms. The van der Waals surface area contributed by atoms with E-state index in [9.17, 15) is 4.39 Å². The molecule has 3 atom stereocenters. The lowest BCUT2D eigenvalue weighted by Crippen LogP contribution is -2.17. The summed E-state index contributed by atoms with van der Waals surface area (Å²) in [6.45, 7) is -0.233. The number of anilines is 2. The lowest BCUT2D eigenvalue weighted by molar-refractivity contribution is -0.0351. The lowest BCUT2D eigenvalue weighted by Gasteiger charge is -2.15. The molecule has 0 saturated carbocycles. The van der Waals surface area contributed by atoms with Crippen molar-refractivity contribution in [2.24, 2.45) is 0 Å². The summed E-state index contributed by atoms with van der Waals surface area (Å²) in [4.78, 5) is 11.8. The summed E-state index contributed by atoms with van der Waals surface area (Å²) in [6.07, 6.45) is -1.18. The summed E-state index contributed by atoms with van der Waals surface area (Å²) in [5.74, 6) is 0.118. The number of nitrogens with zero attached hydrogens (tertiary/aromatic N) is 4. The Hall–Kier alpha value is -2.00. The van der Waals surface area contributed by atoms with Crippen LogP contribution in [-0.4, -0.2) is 43.5 Å². The molecule has 3 rings (SSSR count). The van der Waals surface area contributed by atoms with Gasteiger partial charge in [0.15, 0.2) is 17.7 Å². The molecular weight excluding hydrogens is 255 g/mol. The number of halogens is 1. The molecule has 0 amide bonds. The van der Waals surface area contributed by atoms with E-state index in [4.69, 9.17) is 21.3 Å². The molecule has 9 heteroatoms. The molecule has 1 fully saturated rings. The molecule has 19 heavy (non-hydrogen) atoms. The Labute approximate surface area is 107 Å². The number of ether oxygens (including phenoxy) is 1. The van der Waals surface area contributed by atoms with Crippen LogP contribution in [0.25, 0.3) is 11.2 Å². The highest BCUT2D eigenvalue weighted by atomic mass is 19.1. The Morgan fingerprint density at radius 2 is 2.26 bits per heavy atom. The first-order valence-electron chi connectivity index (χ1n) is 5.76. The first-order chi connectivity index (χ1) is 9.10. The van der Waals surface area contributed by atoms with E-state index in [0.717, 1.165) is 0 Å². The third-order valence-electron chi connectivity index (χ3n) is 3.07. The molecule has 2 unspecified atom stereocenters. The maximum absolute atomic E-state index is 13.9. The topological polar surface area (TPSA) is 125 Å². The van der Waals surface area contributed by atoms with Crippen molar-refractivity contribution in [3.63, 3.8) is 0 Å². The zero-order valence-corrected chi connectivity index (χ0v) is 9.90. The normalized spacial score (nSPS) is 27.2. The molecule has 0 radical (unpaired) electrons. The molecule has 2 aromatic heterocycles. The summed E-state index contributed by atoms with van der Waals surface area (Å²) in [7, 11) is 0.